The number of hydrogen-bond acceptors (Lipinski definition) is 4. The third-order valence-electron chi connectivity index (χ3n) is 3.20. The minimum Gasteiger partial charge on any atom is -0.330 e. The Kier molecular flexibility index (Phi) is 9.21. The quantitative estimate of drug-likeness (QED) is 0.849. The lowest BCUT2D eigenvalue weighted by Gasteiger charge is -2.13. The molecule has 0 radical (unpaired) electrons. The van der Waals surface area contributed by atoms with E-state index in [1.165, 1.54) is 11.1 Å². The van der Waals surface area contributed by atoms with Crippen LogP contribution in [0.2, 0.25) is 0 Å². The topological polar surface area (TPSA) is 68.8 Å². The van der Waals surface area contributed by atoms with Gasteiger partial charge in [-0.1, -0.05) is 24.3 Å². The summed E-state index contributed by atoms with van der Waals surface area (Å²) in [6.45, 7) is 3.60. The first kappa shape index (κ1) is 19.9. The van der Waals surface area contributed by atoms with Crippen molar-refractivity contribution in [3.63, 3.8) is 0 Å². The highest BCUT2D eigenvalue weighted by Gasteiger charge is 2.10. The molecule has 2 rings (SSSR count). The van der Waals surface area contributed by atoms with Crippen molar-refractivity contribution in [2.45, 2.75) is 25.9 Å². The molecule has 0 amide bonds. The predicted octanol–water partition coefficient (Wildman–Crippen LogP) is 2.01. The predicted molar refractivity (Wildman–Crippen MR) is 90.0 cm³/mol. The monoisotopic (exact) mass is 331 g/mol. The van der Waals surface area contributed by atoms with E-state index in [-0.39, 0.29) is 30.9 Å². The molecule has 3 N–H and O–H groups in total. The lowest BCUT2D eigenvalue weighted by Crippen LogP contribution is -2.21. The van der Waals surface area contributed by atoms with E-state index >= 15 is 0 Å². The maximum absolute atomic E-state index is 5.54. The Hall–Kier alpha value is -1.14. The summed E-state index contributed by atoms with van der Waals surface area (Å²) in [7, 11) is 1.95. The fourth-order valence-electron chi connectivity index (χ4n) is 2.04. The van der Waals surface area contributed by atoms with Crippen LogP contribution in [0.1, 0.15) is 29.9 Å². The Labute approximate surface area is 138 Å². The standard InChI is InChI=1S/C14H21N5.2ClH/c1-11(14-18-17-10-19(14)2)16-9-13-5-3-12(4-6-13)7-8-15;;/h3-6,10-11,16H,7-9,15H2,1-2H3;2*1H. The number of aryl methyl sites for hydroxylation is 1. The molecule has 0 saturated carbocycles. The van der Waals surface area contributed by atoms with Crippen LogP contribution >= 0.6 is 24.8 Å². The molecule has 0 aliphatic heterocycles. The van der Waals surface area contributed by atoms with Crippen LogP contribution in [-0.4, -0.2) is 21.3 Å². The largest absolute Gasteiger partial charge is 0.330 e. The van der Waals surface area contributed by atoms with Gasteiger partial charge in [-0.15, -0.1) is 35.0 Å². The van der Waals surface area contributed by atoms with Gasteiger partial charge in [-0.05, 0) is 31.0 Å². The summed E-state index contributed by atoms with van der Waals surface area (Å²) < 4.78 is 1.93. The molecule has 1 aromatic carbocycles. The van der Waals surface area contributed by atoms with Crippen molar-refractivity contribution in [1.82, 2.24) is 20.1 Å². The van der Waals surface area contributed by atoms with Crippen LogP contribution < -0.4 is 11.1 Å². The van der Waals surface area contributed by atoms with Gasteiger partial charge in [-0.25, -0.2) is 0 Å². The third kappa shape index (κ3) is 5.63. The first-order valence-corrected chi connectivity index (χ1v) is 6.56. The van der Waals surface area contributed by atoms with Crippen LogP contribution in [0.25, 0.3) is 0 Å². The molecule has 1 atom stereocenters. The molecule has 1 aromatic heterocycles. The minimum absolute atomic E-state index is 0. The molecule has 0 fully saturated rings. The Morgan fingerprint density at radius 2 is 1.81 bits per heavy atom. The highest BCUT2D eigenvalue weighted by Crippen LogP contribution is 2.10. The van der Waals surface area contributed by atoms with Gasteiger partial charge in [-0.3, -0.25) is 0 Å². The van der Waals surface area contributed by atoms with E-state index in [4.69, 9.17) is 5.73 Å². The molecule has 21 heavy (non-hydrogen) atoms. The summed E-state index contributed by atoms with van der Waals surface area (Å²) in [6, 6.07) is 8.73. The number of halogens is 2. The van der Waals surface area contributed by atoms with E-state index in [2.05, 4.69) is 46.7 Å². The molecule has 118 valence electrons. The molecule has 2 aromatic rings. The maximum Gasteiger partial charge on any atom is 0.149 e. The molecule has 5 nitrogen and oxygen atoms in total. The summed E-state index contributed by atoms with van der Waals surface area (Å²) in [6.07, 6.45) is 2.65. The van der Waals surface area contributed by atoms with E-state index < -0.39 is 0 Å². The smallest absolute Gasteiger partial charge is 0.149 e. The highest BCUT2D eigenvalue weighted by atomic mass is 35.5. The zero-order valence-corrected chi connectivity index (χ0v) is 14.0. The van der Waals surface area contributed by atoms with Gasteiger partial charge in [0.2, 0.25) is 0 Å². The summed E-state index contributed by atoms with van der Waals surface area (Å²) >= 11 is 0. The van der Waals surface area contributed by atoms with Gasteiger partial charge in [0.1, 0.15) is 12.2 Å². The van der Waals surface area contributed by atoms with Gasteiger partial charge >= 0.3 is 0 Å². The Balaban J connectivity index is 0.00000200. The van der Waals surface area contributed by atoms with Crippen molar-refractivity contribution in [3.05, 3.63) is 47.5 Å². The van der Waals surface area contributed by atoms with E-state index in [9.17, 15) is 0 Å². The normalized spacial score (nSPS) is 11.4. The first-order valence-electron chi connectivity index (χ1n) is 6.56. The molecule has 0 bridgehead atoms. The number of nitrogens with zero attached hydrogens (tertiary/aromatic N) is 3. The molecule has 7 heteroatoms. The molecule has 1 unspecified atom stereocenters. The van der Waals surface area contributed by atoms with E-state index in [0.717, 1.165) is 18.8 Å². The van der Waals surface area contributed by atoms with Crippen molar-refractivity contribution >= 4 is 24.8 Å². The summed E-state index contributed by atoms with van der Waals surface area (Å²) in [4.78, 5) is 0. The minimum atomic E-state index is 0. The summed E-state index contributed by atoms with van der Waals surface area (Å²) in [5.41, 5.74) is 8.08. The molecule has 0 aliphatic rings. The Morgan fingerprint density at radius 1 is 1.19 bits per heavy atom. The number of rotatable bonds is 6. The first-order chi connectivity index (χ1) is 9.20. The fourth-order valence-corrected chi connectivity index (χ4v) is 2.04. The average molecular weight is 332 g/mol. The molecular formula is C14H23Cl2N5. The average Bonchev–Trinajstić information content (AvgIpc) is 2.84. The van der Waals surface area contributed by atoms with Crippen LogP contribution in [0.5, 0.6) is 0 Å². The zero-order chi connectivity index (χ0) is 13.7. The Morgan fingerprint density at radius 3 is 2.33 bits per heavy atom. The number of benzene rings is 1. The van der Waals surface area contributed by atoms with Gasteiger partial charge in [0.25, 0.3) is 0 Å². The van der Waals surface area contributed by atoms with Crippen molar-refractivity contribution < 1.29 is 0 Å². The zero-order valence-electron chi connectivity index (χ0n) is 12.3. The SMILES string of the molecule is CC(NCc1ccc(CCN)cc1)c1nncn1C.Cl.Cl. The molecule has 0 spiro atoms. The van der Waals surface area contributed by atoms with Gasteiger partial charge in [0.05, 0.1) is 6.04 Å². The second-order valence-corrected chi connectivity index (χ2v) is 4.76. The van der Waals surface area contributed by atoms with Crippen LogP contribution in [0.4, 0.5) is 0 Å². The fraction of sp³-hybridized carbons (Fsp3) is 0.429. The second kappa shape index (κ2) is 9.73. The molecule has 1 heterocycles. The second-order valence-electron chi connectivity index (χ2n) is 4.76. The van der Waals surface area contributed by atoms with Gasteiger partial charge in [0, 0.05) is 13.6 Å². The van der Waals surface area contributed by atoms with Crippen molar-refractivity contribution in [2.75, 3.05) is 6.54 Å². The van der Waals surface area contributed by atoms with Crippen molar-refractivity contribution in [2.24, 2.45) is 12.8 Å². The summed E-state index contributed by atoms with van der Waals surface area (Å²) in [5, 5.41) is 11.4. The number of nitrogens with two attached hydrogens (primary N) is 1. The Bertz CT molecular complexity index is 512. The van der Waals surface area contributed by atoms with Gasteiger partial charge in [0.15, 0.2) is 0 Å². The van der Waals surface area contributed by atoms with Crippen molar-refractivity contribution in [1.29, 1.82) is 0 Å². The van der Waals surface area contributed by atoms with Gasteiger partial charge in [-0.2, -0.15) is 0 Å². The molecular weight excluding hydrogens is 309 g/mol. The molecule has 0 saturated heterocycles. The molecule has 0 aliphatic carbocycles. The van der Waals surface area contributed by atoms with E-state index in [1.807, 2.05) is 11.6 Å². The maximum atomic E-state index is 5.54. The van der Waals surface area contributed by atoms with E-state index in [0.29, 0.717) is 6.54 Å². The highest BCUT2D eigenvalue weighted by molar-refractivity contribution is 5.85. The van der Waals surface area contributed by atoms with Crippen LogP contribution in [0.15, 0.2) is 30.6 Å². The third-order valence-corrected chi connectivity index (χ3v) is 3.20. The number of aromatic nitrogens is 3. The van der Waals surface area contributed by atoms with Gasteiger partial charge < -0.3 is 15.6 Å². The number of hydrogen-bond donors (Lipinski definition) is 2. The lowest BCUT2D eigenvalue weighted by molar-refractivity contribution is 0.528. The lowest BCUT2D eigenvalue weighted by atomic mass is 10.1. The number of nitrogens with one attached hydrogen (secondary N) is 1. The summed E-state index contributed by atoms with van der Waals surface area (Å²) in [5.74, 6) is 0.944. The van der Waals surface area contributed by atoms with Crippen LogP contribution in [0, 0.1) is 0 Å². The van der Waals surface area contributed by atoms with Crippen molar-refractivity contribution in [3.8, 4) is 0 Å². The van der Waals surface area contributed by atoms with Crippen LogP contribution in [0.3, 0.4) is 0 Å². The van der Waals surface area contributed by atoms with E-state index in [1.54, 1.807) is 6.33 Å². The van der Waals surface area contributed by atoms with Crippen LogP contribution in [-0.2, 0) is 20.0 Å².